The Morgan fingerprint density at radius 2 is 1.62 bits per heavy atom. The molecule has 2 aromatic heterocycles. The number of halogens is 4. The number of alkyl halides is 3. The number of hydrogen-bond acceptors (Lipinski definition) is 7. The predicted octanol–water partition coefficient (Wildman–Crippen LogP) is 4.47. The first-order valence-corrected chi connectivity index (χ1v) is 8.80. The van der Waals surface area contributed by atoms with E-state index in [4.69, 9.17) is 16.3 Å². The van der Waals surface area contributed by atoms with Gasteiger partial charge in [-0.2, -0.15) is 23.1 Å². The number of nitrogens with zero attached hydrogens (tertiary/aromatic N) is 2. The fourth-order valence-corrected chi connectivity index (χ4v) is 2.75. The molecule has 0 spiro atoms. The molecule has 0 amide bonds. The molecule has 0 bridgehead atoms. The number of hydrogen-bond donors (Lipinski definition) is 0. The van der Waals surface area contributed by atoms with Crippen molar-refractivity contribution < 1.29 is 17.9 Å². The third kappa shape index (κ3) is 6.54. The number of ether oxygens (including phenoxy) is 1. The normalized spacial score (nSPS) is 10.6. The highest BCUT2D eigenvalue weighted by molar-refractivity contribution is 7.13. The Labute approximate surface area is 157 Å². The Kier molecular flexibility index (Phi) is 6.83. The smallest absolute Gasteiger partial charge is 0.416 e. The summed E-state index contributed by atoms with van der Waals surface area (Å²) in [7, 11) is 0. The van der Waals surface area contributed by atoms with Gasteiger partial charge in [-0.3, -0.25) is 9.59 Å². The highest BCUT2D eigenvalue weighted by Gasteiger charge is 2.30. The van der Waals surface area contributed by atoms with Crippen LogP contribution in [0.2, 0.25) is 4.47 Å². The number of aromatic nitrogens is 2. The molecule has 136 valence electrons. The van der Waals surface area contributed by atoms with Gasteiger partial charge in [-0.25, -0.2) is 0 Å². The van der Waals surface area contributed by atoms with Crippen molar-refractivity contribution in [3.05, 3.63) is 77.9 Å². The van der Waals surface area contributed by atoms with Crippen LogP contribution < -0.4 is 15.9 Å². The average molecular weight is 421 g/mol. The second-order valence-electron chi connectivity index (χ2n) is 4.39. The topological polar surface area (TPSA) is 69.2 Å². The standard InChI is InChI=1S/C11H6F3NO2S.C4H2ClNOS/c12-11(13,14)7-2-1-3-8(6-7)17-10-15-9(16)4-5-18-10;5-4-6-3(7)1-2-8-4/h1-6H;1-2H. The van der Waals surface area contributed by atoms with Gasteiger partial charge in [0.25, 0.3) is 16.3 Å². The summed E-state index contributed by atoms with van der Waals surface area (Å²) in [5, 5.41) is 3.07. The van der Waals surface area contributed by atoms with Crippen LogP contribution in [0.1, 0.15) is 5.56 Å². The average Bonchev–Trinajstić information content (AvgIpc) is 2.55. The van der Waals surface area contributed by atoms with Gasteiger partial charge in [0.15, 0.2) is 4.47 Å². The summed E-state index contributed by atoms with van der Waals surface area (Å²) in [6.45, 7) is 0. The molecule has 26 heavy (non-hydrogen) atoms. The molecule has 3 aromatic rings. The van der Waals surface area contributed by atoms with Gasteiger partial charge >= 0.3 is 6.18 Å². The molecular formula is C15H8ClF3N2O3S2. The van der Waals surface area contributed by atoms with Crippen LogP contribution in [-0.4, -0.2) is 9.97 Å². The summed E-state index contributed by atoms with van der Waals surface area (Å²) in [5.74, 6) is -0.0147. The van der Waals surface area contributed by atoms with E-state index in [1.165, 1.54) is 41.0 Å². The first-order valence-electron chi connectivity index (χ1n) is 6.66. The minimum atomic E-state index is -4.43. The van der Waals surface area contributed by atoms with E-state index >= 15 is 0 Å². The van der Waals surface area contributed by atoms with E-state index in [2.05, 4.69) is 9.97 Å². The molecule has 0 aliphatic rings. The molecule has 0 unspecified atom stereocenters. The first-order chi connectivity index (χ1) is 12.2. The van der Waals surface area contributed by atoms with Gasteiger partial charge in [0.05, 0.1) is 5.56 Å². The summed E-state index contributed by atoms with van der Waals surface area (Å²) in [6.07, 6.45) is -4.43. The molecule has 0 N–H and O–H groups in total. The summed E-state index contributed by atoms with van der Waals surface area (Å²) >= 11 is 7.61. The molecule has 5 nitrogen and oxygen atoms in total. The molecule has 0 aliphatic carbocycles. The van der Waals surface area contributed by atoms with Crippen LogP contribution in [0.4, 0.5) is 13.2 Å². The molecule has 0 saturated heterocycles. The molecule has 3 rings (SSSR count). The van der Waals surface area contributed by atoms with Crippen molar-refractivity contribution >= 4 is 34.3 Å². The third-order valence-corrected chi connectivity index (χ3v) is 4.08. The molecule has 0 fully saturated rings. The molecule has 0 saturated carbocycles. The summed E-state index contributed by atoms with van der Waals surface area (Å²) < 4.78 is 42.7. The number of benzene rings is 1. The molecule has 11 heteroatoms. The van der Waals surface area contributed by atoms with Gasteiger partial charge in [0.1, 0.15) is 5.75 Å². The minimum absolute atomic E-state index is 0.00169. The fraction of sp³-hybridized carbons (Fsp3) is 0.0667. The zero-order valence-electron chi connectivity index (χ0n) is 12.6. The second-order valence-corrected chi connectivity index (χ2v) is 6.72. The van der Waals surface area contributed by atoms with E-state index in [9.17, 15) is 22.8 Å². The van der Waals surface area contributed by atoms with Crippen molar-refractivity contribution in [2.24, 2.45) is 0 Å². The second kappa shape index (κ2) is 8.88. The zero-order chi connectivity index (χ0) is 19.2. The van der Waals surface area contributed by atoms with E-state index < -0.39 is 17.3 Å². The number of rotatable bonds is 2. The van der Waals surface area contributed by atoms with Crippen LogP contribution in [0.5, 0.6) is 10.9 Å². The quantitative estimate of drug-likeness (QED) is 0.611. The Balaban J connectivity index is 0.000000254. The highest BCUT2D eigenvalue weighted by Crippen LogP contribution is 2.32. The van der Waals surface area contributed by atoms with Crippen molar-refractivity contribution in [2.75, 3.05) is 0 Å². The van der Waals surface area contributed by atoms with Crippen LogP contribution in [0, 0.1) is 0 Å². The van der Waals surface area contributed by atoms with Gasteiger partial charge in [-0.05, 0) is 23.6 Å². The lowest BCUT2D eigenvalue weighted by atomic mass is 10.2. The van der Waals surface area contributed by atoms with Crippen molar-refractivity contribution in [1.29, 1.82) is 0 Å². The first kappa shape index (κ1) is 20.0. The van der Waals surface area contributed by atoms with Crippen LogP contribution in [0.25, 0.3) is 0 Å². The van der Waals surface area contributed by atoms with E-state index in [0.29, 0.717) is 0 Å². The van der Waals surface area contributed by atoms with Gasteiger partial charge in [0.2, 0.25) is 0 Å². The minimum Gasteiger partial charge on any atom is -0.431 e. The largest absolute Gasteiger partial charge is 0.431 e. The van der Waals surface area contributed by atoms with Crippen LogP contribution >= 0.6 is 34.3 Å². The van der Waals surface area contributed by atoms with E-state index in [1.54, 1.807) is 5.38 Å². The zero-order valence-corrected chi connectivity index (χ0v) is 15.0. The van der Waals surface area contributed by atoms with Crippen LogP contribution in [0.15, 0.2) is 56.7 Å². The molecular weight excluding hydrogens is 413 g/mol. The summed E-state index contributed by atoms with van der Waals surface area (Å²) in [5.41, 5.74) is -1.60. The third-order valence-electron chi connectivity index (χ3n) is 2.52. The van der Waals surface area contributed by atoms with Gasteiger partial charge < -0.3 is 4.74 Å². The lowest BCUT2D eigenvalue weighted by Crippen LogP contribution is -2.05. The highest BCUT2D eigenvalue weighted by atomic mass is 35.5. The predicted molar refractivity (Wildman–Crippen MR) is 93.3 cm³/mol. The van der Waals surface area contributed by atoms with Gasteiger partial charge in [-0.15, -0.1) is 11.3 Å². The lowest BCUT2D eigenvalue weighted by Gasteiger charge is -2.08. The summed E-state index contributed by atoms with van der Waals surface area (Å²) in [4.78, 5) is 28.2. The van der Waals surface area contributed by atoms with Gasteiger partial charge in [0, 0.05) is 17.5 Å². The van der Waals surface area contributed by atoms with Crippen molar-refractivity contribution in [3.8, 4) is 10.9 Å². The Morgan fingerprint density at radius 3 is 2.15 bits per heavy atom. The van der Waals surface area contributed by atoms with E-state index in [1.807, 2.05) is 0 Å². The van der Waals surface area contributed by atoms with Crippen LogP contribution in [-0.2, 0) is 6.18 Å². The Bertz CT molecular complexity index is 992. The molecule has 2 heterocycles. The molecule has 0 atom stereocenters. The maximum absolute atomic E-state index is 12.5. The fourth-order valence-electron chi connectivity index (χ4n) is 1.49. The summed E-state index contributed by atoms with van der Waals surface area (Å²) in [6, 6.07) is 6.99. The van der Waals surface area contributed by atoms with Crippen molar-refractivity contribution in [3.63, 3.8) is 0 Å². The Morgan fingerprint density at radius 1 is 0.962 bits per heavy atom. The maximum atomic E-state index is 12.5. The van der Waals surface area contributed by atoms with E-state index in [0.717, 1.165) is 23.5 Å². The molecule has 1 aromatic carbocycles. The Hall–Kier alpha value is -2.30. The van der Waals surface area contributed by atoms with E-state index in [-0.39, 0.29) is 21.0 Å². The SMILES string of the molecule is O=c1ccsc(Cl)n1.O=c1ccsc(Oc2cccc(C(F)(F)F)c2)n1. The molecule has 0 aliphatic heterocycles. The lowest BCUT2D eigenvalue weighted by molar-refractivity contribution is -0.137. The van der Waals surface area contributed by atoms with Crippen molar-refractivity contribution in [1.82, 2.24) is 9.97 Å². The van der Waals surface area contributed by atoms with Gasteiger partial charge in [-0.1, -0.05) is 29.0 Å². The van der Waals surface area contributed by atoms with Crippen LogP contribution in [0.3, 0.4) is 0 Å². The maximum Gasteiger partial charge on any atom is 0.416 e. The monoisotopic (exact) mass is 420 g/mol. The van der Waals surface area contributed by atoms with Crippen molar-refractivity contribution in [2.45, 2.75) is 6.18 Å². The molecule has 0 radical (unpaired) electrons.